The Labute approximate surface area is 177 Å². The molecule has 1 fully saturated rings. The van der Waals surface area contributed by atoms with Gasteiger partial charge in [0.2, 0.25) is 5.95 Å². The summed E-state index contributed by atoms with van der Waals surface area (Å²) in [4.78, 5) is 12.3. The van der Waals surface area contributed by atoms with E-state index in [9.17, 15) is 0 Å². The van der Waals surface area contributed by atoms with Gasteiger partial charge in [-0.2, -0.15) is 4.52 Å². The Bertz CT molecular complexity index is 1140. The number of hydrogen-bond acceptors (Lipinski definition) is 5. The summed E-state index contributed by atoms with van der Waals surface area (Å²) in [7, 11) is 0. The highest BCUT2D eigenvalue weighted by molar-refractivity contribution is 5.92. The van der Waals surface area contributed by atoms with Crippen LogP contribution in [0.3, 0.4) is 0 Å². The van der Waals surface area contributed by atoms with Crippen molar-refractivity contribution < 1.29 is 0 Å². The van der Waals surface area contributed by atoms with Crippen LogP contribution in [0.15, 0.2) is 54.6 Å². The molecule has 0 aliphatic carbocycles. The zero-order chi connectivity index (χ0) is 20.5. The lowest BCUT2D eigenvalue weighted by Gasteiger charge is -2.39. The molecule has 0 saturated carbocycles. The number of anilines is 1. The minimum Gasteiger partial charge on any atom is -0.353 e. The maximum absolute atomic E-state index is 4.86. The van der Waals surface area contributed by atoms with Gasteiger partial charge in [-0.3, -0.25) is 4.90 Å². The summed E-state index contributed by atoms with van der Waals surface area (Å²) in [5, 5.41) is 9.35. The van der Waals surface area contributed by atoms with Crippen LogP contribution in [0.5, 0.6) is 0 Å². The average Bonchev–Trinajstić information content (AvgIpc) is 3.22. The summed E-state index contributed by atoms with van der Waals surface area (Å²) in [6, 6.07) is 19.5. The normalized spacial score (nSPS) is 20.1. The van der Waals surface area contributed by atoms with Gasteiger partial charge >= 0.3 is 0 Å². The van der Waals surface area contributed by atoms with Crippen LogP contribution in [-0.4, -0.2) is 49.7 Å². The summed E-state index contributed by atoms with van der Waals surface area (Å²) < 4.78 is 1.85. The monoisotopic (exact) mass is 400 g/mol. The number of hydrogen-bond donors (Lipinski definition) is 1. The highest BCUT2D eigenvalue weighted by Gasteiger charge is 2.24. The standard InChI is InChI=1S/C24H28N6/c1-17-9-8-10-18(2)29(17)16-15-25-24-26-21-14-7-6-13-20(21)23-27-22(28-30(23)24)19-11-4-3-5-12-19/h3-7,11-14,17-18H,8-10,15-16H2,1-2H3,(H,25,26)/t17-,18-/m1/s1. The minimum absolute atomic E-state index is 0.635. The van der Waals surface area contributed by atoms with Gasteiger partial charge in [0.25, 0.3) is 0 Å². The van der Waals surface area contributed by atoms with Gasteiger partial charge in [0.15, 0.2) is 11.5 Å². The third-order valence-corrected chi connectivity index (χ3v) is 6.24. The molecule has 4 aromatic rings. The first-order valence-corrected chi connectivity index (χ1v) is 10.9. The van der Waals surface area contributed by atoms with Crippen LogP contribution < -0.4 is 5.32 Å². The molecule has 0 radical (unpaired) electrons. The quantitative estimate of drug-likeness (QED) is 0.530. The first-order valence-electron chi connectivity index (χ1n) is 10.9. The zero-order valence-corrected chi connectivity index (χ0v) is 17.6. The molecule has 6 heteroatoms. The molecule has 2 atom stereocenters. The third kappa shape index (κ3) is 3.52. The van der Waals surface area contributed by atoms with E-state index in [1.807, 2.05) is 53.0 Å². The topological polar surface area (TPSA) is 58.3 Å². The second kappa shape index (κ2) is 8.03. The Morgan fingerprint density at radius 3 is 2.47 bits per heavy atom. The molecule has 6 nitrogen and oxygen atoms in total. The summed E-state index contributed by atoms with van der Waals surface area (Å²) in [6.07, 6.45) is 3.90. The van der Waals surface area contributed by atoms with E-state index in [0.717, 1.165) is 47.0 Å². The number of likely N-dealkylation sites (tertiary alicyclic amines) is 1. The Morgan fingerprint density at radius 1 is 0.933 bits per heavy atom. The fraction of sp³-hybridized carbons (Fsp3) is 0.375. The fourth-order valence-electron chi connectivity index (χ4n) is 4.59. The molecule has 3 heterocycles. The van der Waals surface area contributed by atoms with E-state index in [1.165, 1.54) is 19.3 Å². The van der Waals surface area contributed by atoms with Crippen molar-refractivity contribution in [2.45, 2.75) is 45.2 Å². The molecule has 0 bridgehead atoms. The molecule has 5 rings (SSSR count). The lowest BCUT2D eigenvalue weighted by molar-refractivity contribution is 0.109. The minimum atomic E-state index is 0.635. The number of rotatable bonds is 5. The van der Waals surface area contributed by atoms with Crippen LogP contribution in [0.25, 0.3) is 27.9 Å². The number of aromatic nitrogens is 4. The summed E-state index contributed by atoms with van der Waals surface area (Å²) in [5.41, 5.74) is 2.77. The molecule has 30 heavy (non-hydrogen) atoms. The van der Waals surface area contributed by atoms with Crippen molar-refractivity contribution >= 4 is 22.5 Å². The fourth-order valence-corrected chi connectivity index (χ4v) is 4.59. The maximum Gasteiger partial charge on any atom is 0.226 e. The van der Waals surface area contributed by atoms with Gasteiger partial charge in [-0.15, -0.1) is 5.10 Å². The van der Waals surface area contributed by atoms with Crippen LogP contribution >= 0.6 is 0 Å². The van der Waals surface area contributed by atoms with Gasteiger partial charge < -0.3 is 5.32 Å². The molecule has 1 saturated heterocycles. The molecule has 1 aliphatic heterocycles. The van der Waals surface area contributed by atoms with Crippen LogP contribution in [0.2, 0.25) is 0 Å². The van der Waals surface area contributed by atoms with E-state index < -0.39 is 0 Å². The zero-order valence-electron chi connectivity index (χ0n) is 17.6. The van der Waals surface area contributed by atoms with Crippen LogP contribution in [0.4, 0.5) is 5.95 Å². The van der Waals surface area contributed by atoms with E-state index in [2.05, 4.69) is 30.1 Å². The highest BCUT2D eigenvalue weighted by atomic mass is 15.4. The second-order valence-electron chi connectivity index (χ2n) is 8.28. The molecule has 1 aliphatic rings. The number of para-hydroxylation sites is 1. The van der Waals surface area contributed by atoms with Gasteiger partial charge in [0.1, 0.15) is 0 Å². The lowest BCUT2D eigenvalue weighted by atomic mass is 9.98. The van der Waals surface area contributed by atoms with Gasteiger partial charge in [-0.1, -0.05) is 48.9 Å². The van der Waals surface area contributed by atoms with Crippen LogP contribution in [-0.2, 0) is 0 Å². The number of nitrogens with zero attached hydrogens (tertiary/aromatic N) is 5. The molecule has 154 valence electrons. The highest BCUT2D eigenvalue weighted by Crippen LogP contribution is 2.25. The Morgan fingerprint density at radius 2 is 1.67 bits per heavy atom. The van der Waals surface area contributed by atoms with Crippen LogP contribution in [0, 0.1) is 0 Å². The van der Waals surface area contributed by atoms with Crippen LogP contribution in [0.1, 0.15) is 33.1 Å². The van der Waals surface area contributed by atoms with Crippen molar-refractivity contribution in [1.82, 2.24) is 24.5 Å². The third-order valence-electron chi connectivity index (χ3n) is 6.24. The molecule has 2 aromatic carbocycles. The van der Waals surface area contributed by atoms with Gasteiger partial charge in [-0.25, -0.2) is 9.97 Å². The Balaban J connectivity index is 1.48. The molecule has 1 N–H and O–H groups in total. The SMILES string of the molecule is C[C@@H]1CCC[C@@H](C)N1CCNc1nc2ccccc2c2nc(-c3ccccc3)nn12. The summed E-state index contributed by atoms with van der Waals surface area (Å²) >= 11 is 0. The number of nitrogens with one attached hydrogen (secondary N) is 1. The second-order valence-corrected chi connectivity index (χ2v) is 8.28. The number of benzene rings is 2. The molecule has 0 amide bonds. The molecular weight excluding hydrogens is 372 g/mol. The van der Waals surface area contributed by atoms with Gasteiger partial charge in [0.05, 0.1) is 5.52 Å². The van der Waals surface area contributed by atoms with Crippen molar-refractivity contribution in [1.29, 1.82) is 0 Å². The van der Waals surface area contributed by atoms with E-state index >= 15 is 0 Å². The summed E-state index contributed by atoms with van der Waals surface area (Å²) in [6.45, 7) is 6.51. The largest absolute Gasteiger partial charge is 0.353 e. The Kier molecular flexibility index (Phi) is 5.09. The van der Waals surface area contributed by atoms with Gasteiger partial charge in [0, 0.05) is 36.1 Å². The molecule has 0 unspecified atom stereocenters. The predicted molar refractivity (Wildman–Crippen MR) is 122 cm³/mol. The number of piperidine rings is 1. The summed E-state index contributed by atoms with van der Waals surface area (Å²) in [5.74, 6) is 1.46. The molecule has 0 spiro atoms. The van der Waals surface area contributed by atoms with Gasteiger partial charge in [-0.05, 0) is 38.8 Å². The van der Waals surface area contributed by atoms with Crippen molar-refractivity contribution in [3.63, 3.8) is 0 Å². The van der Waals surface area contributed by atoms with E-state index in [1.54, 1.807) is 0 Å². The van der Waals surface area contributed by atoms with E-state index in [0.29, 0.717) is 12.1 Å². The van der Waals surface area contributed by atoms with E-state index in [-0.39, 0.29) is 0 Å². The van der Waals surface area contributed by atoms with Crippen molar-refractivity contribution in [2.24, 2.45) is 0 Å². The first kappa shape index (κ1) is 19.0. The van der Waals surface area contributed by atoms with Crippen molar-refractivity contribution in [3.8, 4) is 11.4 Å². The molecule has 2 aromatic heterocycles. The lowest BCUT2D eigenvalue weighted by Crippen LogP contribution is -2.45. The smallest absolute Gasteiger partial charge is 0.226 e. The van der Waals surface area contributed by atoms with Crippen molar-refractivity contribution in [3.05, 3.63) is 54.6 Å². The van der Waals surface area contributed by atoms with Crippen molar-refractivity contribution in [2.75, 3.05) is 18.4 Å². The maximum atomic E-state index is 4.86. The first-order chi connectivity index (χ1) is 14.7. The molecular formula is C24H28N6. The Hall–Kier alpha value is -2.99. The average molecular weight is 401 g/mol. The van der Waals surface area contributed by atoms with E-state index in [4.69, 9.17) is 15.1 Å². The predicted octanol–water partition coefficient (Wildman–Crippen LogP) is 4.62. The number of fused-ring (bicyclic) bond motifs is 3.